The molecule has 4 rings (SSSR count). The zero-order valence-corrected chi connectivity index (χ0v) is 14.9. The van der Waals surface area contributed by atoms with E-state index in [4.69, 9.17) is 0 Å². The van der Waals surface area contributed by atoms with Gasteiger partial charge in [-0.05, 0) is 30.0 Å². The van der Waals surface area contributed by atoms with Gasteiger partial charge in [0.05, 0.1) is 10.6 Å². The summed E-state index contributed by atoms with van der Waals surface area (Å²) in [6.07, 6.45) is 0. The van der Waals surface area contributed by atoms with E-state index < -0.39 is 0 Å². The third-order valence-corrected chi connectivity index (χ3v) is 5.52. The van der Waals surface area contributed by atoms with Gasteiger partial charge < -0.3 is 9.80 Å². The van der Waals surface area contributed by atoms with Crippen molar-refractivity contribution in [1.82, 2.24) is 15.1 Å². The van der Waals surface area contributed by atoms with Gasteiger partial charge in [0, 0.05) is 37.8 Å². The molecule has 0 aliphatic carbocycles. The van der Waals surface area contributed by atoms with Crippen LogP contribution in [0.4, 0.5) is 5.82 Å². The molecule has 0 atom stereocenters. The fraction of sp³-hybridized carbons (Fsp3) is 0.263. The minimum absolute atomic E-state index is 0.124. The summed E-state index contributed by atoms with van der Waals surface area (Å²) in [5.41, 5.74) is 2.88. The Morgan fingerprint density at radius 3 is 2.64 bits per heavy atom. The van der Waals surface area contributed by atoms with E-state index in [1.807, 2.05) is 42.2 Å². The van der Waals surface area contributed by atoms with Gasteiger partial charge >= 0.3 is 0 Å². The van der Waals surface area contributed by atoms with Gasteiger partial charge in [-0.15, -0.1) is 11.3 Å². The molecule has 0 bridgehead atoms. The molecule has 25 heavy (non-hydrogen) atoms. The summed E-state index contributed by atoms with van der Waals surface area (Å²) in [4.78, 5) is 18.1. The van der Waals surface area contributed by atoms with Gasteiger partial charge in [-0.2, -0.15) is 5.10 Å². The Labute approximate surface area is 150 Å². The van der Waals surface area contributed by atoms with Gasteiger partial charge in [-0.3, -0.25) is 9.89 Å². The number of hydrogen-bond donors (Lipinski definition) is 1. The second-order valence-corrected chi connectivity index (χ2v) is 7.16. The fourth-order valence-electron chi connectivity index (χ4n) is 3.15. The number of aryl methyl sites for hydroxylation is 1. The number of benzene rings is 1. The van der Waals surface area contributed by atoms with Crippen LogP contribution in [0, 0.1) is 6.92 Å². The normalized spacial score (nSPS) is 14.8. The summed E-state index contributed by atoms with van der Waals surface area (Å²) in [6.45, 7) is 5.01. The number of amides is 1. The monoisotopic (exact) mass is 352 g/mol. The van der Waals surface area contributed by atoms with Gasteiger partial charge in [-0.1, -0.05) is 24.3 Å². The van der Waals surface area contributed by atoms with Gasteiger partial charge in [0.25, 0.3) is 5.91 Å². The van der Waals surface area contributed by atoms with E-state index in [9.17, 15) is 4.79 Å². The maximum Gasteiger partial charge on any atom is 0.254 e. The second kappa shape index (κ2) is 6.72. The first-order valence-corrected chi connectivity index (χ1v) is 9.29. The molecule has 5 nitrogen and oxygen atoms in total. The van der Waals surface area contributed by atoms with E-state index in [2.05, 4.69) is 32.6 Å². The molecule has 0 saturated carbocycles. The number of hydrogen-bond acceptors (Lipinski definition) is 4. The second-order valence-electron chi connectivity index (χ2n) is 6.21. The van der Waals surface area contributed by atoms with E-state index >= 15 is 0 Å². The summed E-state index contributed by atoms with van der Waals surface area (Å²) < 4.78 is 0. The molecule has 1 aliphatic rings. The van der Waals surface area contributed by atoms with Crippen molar-refractivity contribution in [2.75, 3.05) is 31.1 Å². The van der Waals surface area contributed by atoms with Crippen molar-refractivity contribution in [3.63, 3.8) is 0 Å². The number of aromatic nitrogens is 2. The molecular weight excluding hydrogens is 332 g/mol. The third-order valence-electron chi connectivity index (χ3n) is 4.62. The van der Waals surface area contributed by atoms with Crippen molar-refractivity contribution in [3.05, 3.63) is 59.0 Å². The van der Waals surface area contributed by atoms with Crippen LogP contribution in [0.15, 0.2) is 47.8 Å². The highest BCUT2D eigenvalue weighted by Gasteiger charge is 2.24. The van der Waals surface area contributed by atoms with Crippen molar-refractivity contribution < 1.29 is 4.79 Å². The highest BCUT2D eigenvalue weighted by Crippen LogP contribution is 2.26. The molecule has 1 amide bonds. The minimum Gasteiger partial charge on any atom is -0.352 e. The highest BCUT2D eigenvalue weighted by molar-refractivity contribution is 7.13. The Kier molecular flexibility index (Phi) is 4.28. The maximum absolute atomic E-state index is 12.7. The quantitative estimate of drug-likeness (QED) is 0.786. The van der Waals surface area contributed by atoms with Gasteiger partial charge in [-0.25, -0.2) is 0 Å². The molecule has 128 valence electrons. The molecule has 0 spiro atoms. The van der Waals surface area contributed by atoms with Crippen molar-refractivity contribution >= 4 is 23.1 Å². The molecule has 0 unspecified atom stereocenters. The zero-order valence-electron chi connectivity index (χ0n) is 14.1. The van der Waals surface area contributed by atoms with Crippen LogP contribution in [0.3, 0.4) is 0 Å². The number of anilines is 1. The summed E-state index contributed by atoms with van der Waals surface area (Å²) in [5, 5.41) is 9.61. The SMILES string of the molecule is Cc1ccccc1C(=O)N1CCN(c2cc(-c3cccs3)[nH]n2)CC1. The van der Waals surface area contributed by atoms with Gasteiger partial charge in [0.2, 0.25) is 0 Å². The number of piperazine rings is 1. The van der Waals surface area contributed by atoms with Crippen LogP contribution >= 0.6 is 11.3 Å². The third kappa shape index (κ3) is 3.17. The smallest absolute Gasteiger partial charge is 0.254 e. The molecule has 2 aromatic heterocycles. The van der Waals surface area contributed by atoms with Crippen molar-refractivity contribution in [3.8, 4) is 10.6 Å². The molecule has 1 saturated heterocycles. The number of carbonyl (C=O) groups is 1. The Bertz CT molecular complexity index is 863. The molecular formula is C19H20N4OS. The van der Waals surface area contributed by atoms with Crippen LogP contribution in [0.1, 0.15) is 15.9 Å². The molecule has 1 aromatic carbocycles. The molecule has 1 fully saturated rings. The van der Waals surface area contributed by atoms with E-state index in [0.29, 0.717) is 13.1 Å². The molecule has 0 radical (unpaired) electrons. The predicted octanol–water partition coefficient (Wildman–Crippen LogP) is 3.41. The minimum atomic E-state index is 0.124. The van der Waals surface area contributed by atoms with Crippen molar-refractivity contribution in [1.29, 1.82) is 0 Å². The van der Waals surface area contributed by atoms with Crippen molar-refractivity contribution in [2.24, 2.45) is 0 Å². The standard InChI is InChI=1S/C19H20N4OS/c1-14-5-2-3-6-15(14)19(24)23-10-8-22(9-11-23)18-13-16(20-21-18)17-7-4-12-25-17/h2-7,12-13H,8-11H2,1H3,(H,20,21). The van der Waals surface area contributed by atoms with Gasteiger partial charge in [0.15, 0.2) is 5.82 Å². The number of nitrogens with one attached hydrogen (secondary N) is 1. The average Bonchev–Trinajstić information content (AvgIpc) is 3.33. The molecule has 6 heteroatoms. The van der Waals surface area contributed by atoms with Crippen LogP contribution in [-0.2, 0) is 0 Å². The lowest BCUT2D eigenvalue weighted by Gasteiger charge is -2.35. The lowest BCUT2D eigenvalue weighted by atomic mass is 10.1. The van der Waals surface area contributed by atoms with Crippen LogP contribution in [-0.4, -0.2) is 47.2 Å². The first-order chi connectivity index (χ1) is 12.2. The number of rotatable bonds is 3. The first kappa shape index (κ1) is 15.9. The maximum atomic E-state index is 12.7. The zero-order chi connectivity index (χ0) is 17.2. The summed E-state index contributed by atoms with van der Waals surface area (Å²) in [5.74, 6) is 1.07. The van der Waals surface area contributed by atoms with E-state index in [1.54, 1.807) is 11.3 Å². The number of H-pyrrole nitrogens is 1. The highest BCUT2D eigenvalue weighted by atomic mass is 32.1. The first-order valence-electron chi connectivity index (χ1n) is 8.41. The Hall–Kier alpha value is -2.60. The summed E-state index contributed by atoms with van der Waals surface area (Å²) in [6, 6.07) is 14.0. The lowest BCUT2D eigenvalue weighted by Crippen LogP contribution is -2.49. The van der Waals surface area contributed by atoms with Crippen LogP contribution in [0.25, 0.3) is 10.6 Å². The number of nitrogens with zero attached hydrogens (tertiary/aromatic N) is 3. The Morgan fingerprint density at radius 1 is 1.12 bits per heavy atom. The van der Waals surface area contributed by atoms with E-state index in [1.165, 1.54) is 4.88 Å². The topological polar surface area (TPSA) is 52.2 Å². The number of carbonyl (C=O) groups excluding carboxylic acids is 1. The summed E-state index contributed by atoms with van der Waals surface area (Å²) >= 11 is 1.70. The Morgan fingerprint density at radius 2 is 1.92 bits per heavy atom. The van der Waals surface area contributed by atoms with Gasteiger partial charge in [0.1, 0.15) is 0 Å². The number of thiophene rings is 1. The van der Waals surface area contributed by atoms with E-state index in [-0.39, 0.29) is 5.91 Å². The summed E-state index contributed by atoms with van der Waals surface area (Å²) in [7, 11) is 0. The predicted molar refractivity (Wildman–Crippen MR) is 101 cm³/mol. The number of aromatic amines is 1. The molecule has 1 aliphatic heterocycles. The average molecular weight is 352 g/mol. The lowest BCUT2D eigenvalue weighted by molar-refractivity contribution is 0.0746. The fourth-order valence-corrected chi connectivity index (χ4v) is 3.85. The molecule has 3 heterocycles. The van der Waals surface area contributed by atoms with Crippen molar-refractivity contribution in [2.45, 2.75) is 6.92 Å². The van der Waals surface area contributed by atoms with E-state index in [0.717, 1.165) is 35.7 Å². The molecule has 3 aromatic rings. The largest absolute Gasteiger partial charge is 0.352 e. The molecule has 1 N–H and O–H groups in total. The van der Waals surface area contributed by atoms with Crippen LogP contribution in [0.5, 0.6) is 0 Å². The van der Waals surface area contributed by atoms with Crippen LogP contribution in [0.2, 0.25) is 0 Å². The van der Waals surface area contributed by atoms with Crippen LogP contribution < -0.4 is 4.90 Å². The Balaban J connectivity index is 1.42.